The van der Waals surface area contributed by atoms with Gasteiger partial charge in [0, 0.05) is 5.56 Å². The molecule has 0 saturated heterocycles. The summed E-state index contributed by atoms with van der Waals surface area (Å²) in [5, 5.41) is 4.18. The Morgan fingerprint density at radius 3 is 2.38 bits per heavy atom. The topological polar surface area (TPSA) is 41.5 Å². The number of hydrogen-bond acceptors (Lipinski definition) is 2. The summed E-state index contributed by atoms with van der Waals surface area (Å²) in [5.74, 6) is -0.183. The first-order chi connectivity index (χ1) is 10.1. The summed E-state index contributed by atoms with van der Waals surface area (Å²) in [7, 11) is 0. The van der Waals surface area contributed by atoms with Crippen molar-refractivity contribution < 1.29 is 4.79 Å². The Balaban J connectivity index is 2.09. The minimum Gasteiger partial charge on any atom is -0.267 e. The van der Waals surface area contributed by atoms with Crippen LogP contribution in [0.3, 0.4) is 0 Å². The third kappa shape index (κ3) is 3.78. The maximum Gasteiger partial charge on any atom is 0.271 e. The van der Waals surface area contributed by atoms with Gasteiger partial charge in [-0.15, -0.1) is 0 Å². The zero-order valence-corrected chi connectivity index (χ0v) is 12.7. The van der Waals surface area contributed by atoms with Gasteiger partial charge in [-0.2, -0.15) is 5.10 Å². The van der Waals surface area contributed by atoms with Crippen molar-refractivity contribution in [2.75, 3.05) is 0 Å². The summed E-state index contributed by atoms with van der Waals surface area (Å²) in [4.78, 5) is 12.1. The smallest absolute Gasteiger partial charge is 0.267 e. The SMILES string of the molecule is CCc1ccc(C(C)=NNC(=O)c2ccccc2C)cc1. The molecular formula is C18H20N2O. The van der Waals surface area contributed by atoms with Crippen molar-refractivity contribution >= 4 is 11.6 Å². The third-order valence-electron chi connectivity index (χ3n) is 3.49. The lowest BCUT2D eigenvalue weighted by Crippen LogP contribution is -2.20. The molecule has 21 heavy (non-hydrogen) atoms. The first-order valence-electron chi connectivity index (χ1n) is 7.11. The molecule has 0 bridgehead atoms. The second-order valence-electron chi connectivity index (χ2n) is 5.00. The normalized spacial score (nSPS) is 11.3. The zero-order valence-electron chi connectivity index (χ0n) is 12.7. The van der Waals surface area contributed by atoms with Crippen LogP contribution in [0.15, 0.2) is 53.6 Å². The van der Waals surface area contributed by atoms with Crippen molar-refractivity contribution in [3.8, 4) is 0 Å². The third-order valence-corrected chi connectivity index (χ3v) is 3.49. The van der Waals surface area contributed by atoms with E-state index in [4.69, 9.17) is 0 Å². The molecule has 0 aliphatic rings. The van der Waals surface area contributed by atoms with Crippen molar-refractivity contribution in [1.82, 2.24) is 5.43 Å². The number of aryl methyl sites for hydroxylation is 2. The molecule has 0 spiro atoms. The van der Waals surface area contributed by atoms with Gasteiger partial charge < -0.3 is 0 Å². The van der Waals surface area contributed by atoms with Crippen LogP contribution in [-0.2, 0) is 6.42 Å². The van der Waals surface area contributed by atoms with E-state index in [1.165, 1.54) is 5.56 Å². The summed E-state index contributed by atoms with van der Waals surface area (Å²) in [6, 6.07) is 15.7. The molecular weight excluding hydrogens is 260 g/mol. The number of hydrazone groups is 1. The van der Waals surface area contributed by atoms with E-state index in [9.17, 15) is 4.79 Å². The van der Waals surface area contributed by atoms with Crippen LogP contribution >= 0.6 is 0 Å². The molecule has 0 aliphatic carbocycles. The van der Waals surface area contributed by atoms with Gasteiger partial charge in [-0.25, -0.2) is 5.43 Å². The van der Waals surface area contributed by atoms with Crippen LogP contribution in [0.4, 0.5) is 0 Å². The number of nitrogens with zero attached hydrogens (tertiary/aromatic N) is 1. The Morgan fingerprint density at radius 1 is 1.10 bits per heavy atom. The van der Waals surface area contributed by atoms with Crippen LogP contribution in [0.25, 0.3) is 0 Å². The highest BCUT2D eigenvalue weighted by Crippen LogP contribution is 2.08. The Labute approximate surface area is 125 Å². The first-order valence-corrected chi connectivity index (χ1v) is 7.11. The van der Waals surface area contributed by atoms with E-state index in [-0.39, 0.29) is 5.91 Å². The van der Waals surface area contributed by atoms with E-state index in [0.717, 1.165) is 23.3 Å². The number of nitrogens with one attached hydrogen (secondary N) is 1. The maximum absolute atomic E-state index is 12.1. The van der Waals surface area contributed by atoms with Gasteiger partial charge in [0.05, 0.1) is 5.71 Å². The van der Waals surface area contributed by atoms with Gasteiger partial charge in [-0.1, -0.05) is 49.4 Å². The van der Waals surface area contributed by atoms with Gasteiger partial charge in [0.15, 0.2) is 0 Å². The van der Waals surface area contributed by atoms with Gasteiger partial charge in [0.2, 0.25) is 0 Å². The second-order valence-corrected chi connectivity index (χ2v) is 5.00. The average Bonchev–Trinajstić information content (AvgIpc) is 2.52. The molecule has 0 aromatic heterocycles. The Hall–Kier alpha value is -2.42. The molecule has 1 amide bonds. The Morgan fingerprint density at radius 2 is 1.76 bits per heavy atom. The van der Waals surface area contributed by atoms with Crippen LogP contribution in [0.2, 0.25) is 0 Å². The van der Waals surface area contributed by atoms with E-state index in [1.807, 2.05) is 44.2 Å². The fraction of sp³-hybridized carbons (Fsp3) is 0.222. The Bertz CT molecular complexity index is 657. The monoisotopic (exact) mass is 280 g/mol. The van der Waals surface area contributed by atoms with Crippen molar-refractivity contribution in [3.05, 3.63) is 70.8 Å². The molecule has 0 radical (unpaired) electrons. The highest BCUT2D eigenvalue weighted by molar-refractivity contribution is 6.01. The lowest BCUT2D eigenvalue weighted by Gasteiger charge is -2.06. The van der Waals surface area contributed by atoms with Crippen molar-refractivity contribution in [2.24, 2.45) is 5.10 Å². The molecule has 0 aliphatic heterocycles. The standard InChI is InChI=1S/C18H20N2O/c1-4-15-9-11-16(12-10-15)14(3)19-20-18(21)17-8-6-5-7-13(17)2/h5-12H,4H2,1-3H3,(H,20,21). The van der Waals surface area contributed by atoms with Gasteiger partial charge in [0.1, 0.15) is 0 Å². The number of amides is 1. The zero-order chi connectivity index (χ0) is 15.2. The molecule has 0 fully saturated rings. The lowest BCUT2D eigenvalue weighted by atomic mass is 10.1. The van der Waals surface area contributed by atoms with Crippen LogP contribution in [-0.4, -0.2) is 11.6 Å². The van der Waals surface area contributed by atoms with Crippen molar-refractivity contribution in [3.63, 3.8) is 0 Å². The largest absolute Gasteiger partial charge is 0.271 e. The molecule has 3 heteroatoms. The van der Waals surface area contributed by atoms with Gasteiger partial charge >= 0.3 is 0 Å². The predicted molar refractivity (Wildman–Crippen MR) is 86.7 cm³/mol. The summed E-state index contributed by atoms with van der Waals surface area (Å²) < 4.78 is 0. The molecule has 2 aromatic rings. The summed E-state index contributed by atoms with van der Waals surface area (Å²) in [6.45, 7) is 5.92. The molecule has 1 N–H and O–H groups in total. The highest BCUT2D eigenvalue weighted by Gasteiger charge is 2.07. The van der Waals surface area contributed by atoms with Gasteiger partial charge in [-0.3, -0.25) is 4.79 Å². The number of rotatable bonds is 4. The molecule has 3 nitrogen and oxygen atoms in total. The summed E-state index contributed by atoms with van der Waals surface area (Å²) in [5.41, 5.74) is 7.29. The van der Waals surface area contributed by atoms with E-state index < -0.39 is 0 Å². The average molecular weight is 280 g/mol. The van der Waals surface area contributed by atoms with E-state index >= 15 is 0 Å². The van der Waals surface area contributed by atoms with Crippen molar-refractivity contribution in [1.29, 1.82) is 0 Å². The van der Waals surface area contributed by atoms with Crippen LogP contribution < -0.4 is 5.43 Å². The number of carbonyl (C=O) groups excluding carboxylic acids is 1. The van der Waals surface area contributed by atoms with Crippen molar-refractivity contribution in [2.45, 2.75) is 27.2 Å². The Kier molecular flexibility index (Phi) is 4.88. The first kappa shape index (κ1) is 15.0. The summed E-state index contributed by atoms with van der Waals surface area (Å²) in [6.07, 6.45) is 1.01. The molecule has 0 saturated carbocycles. The van der Waals surface area contributed by atoms with Crippen LogP contribution in [0.1, 0.15) is 40.9 Å². The second kappa shape index (κ2) is 6.84. The predicted octanol–water partition coefficient (Wildman–Crippen LogP) is 3.71. The fourth-order valence-corrected chi connectivity index (χ4v) is 2.07. The minimum atomic E-state index is -0.183. The molecule has 0 atom stereocenters. The minimum absolute atomic E-state index is 0.183. The summed E-state index contributed by atoms with van der Waals surface area (Å²) >= 11 is 0. The van der Waals surface area contributed by atoms with E-state index in [1.54, 1.807) is 6.07 Å². The number of benzene rings is 2. The molecule has 0 heterocycles. The molecule has 108 valence electrons. The van der Waals surface area contributed by atoms with Gasteiger partial charge in [0.25, 0.3) is 5.91 Å². The molecule has 2 aromatic carbocycles. The quantitative estimate of drug-likeness (QED) is 0.673. The highest BCUT2D eigenvalue weighted by atomic mass is 16.2. The maximum atomic E-state index is 12.1. The molecule has 0 unspecified atom stereocenters. The number of carbonyl (C=O) groups is 1. The number of hydrogen-bond donors (Lipinski definition) is 1. The lowest BCUT2D eigenvalue weighted by molar-refractivity contribution is 0.0954. The fourth-order valence-electron chi connectivity index (χ4n) is 2.07. The van der Waals surface area contributed by atoms with E-state index in [0.29, 0.717) is 5.56 Å². The molecule has 2 rings (SSSR count). The van der Waals surface area contributed by atoms with E-state index in [2.05, 4.69) is 29.6 Å². The van der Waals surface area contributed by atoms with Crippen LogP contribution in [0, 0.1) is 6.92 Å². The van der Waals surface area contributed by atoms with Gasteiger partial charge in [-0.05, 0) is 43.0 Å². The van der Waals surface area contributed by atoms with Crippen LogP contribution in [0.5, 0.6) is 0 Å².